The number of fused-ring (bicyclic) bond motifs is 1. The largest absolute Gasteiger partial charge is 0.337 e. The molecule has 1 fully saturated rings. The zero-order chi connectivity index (χ0) is 22.2. The maximum Gasteiger partial charge on any atom is 0.249 e. The van der Waals surface area contributed by atoms with E-state index in [-0.39, 0.29) is 29.1 Å². The summed E-state index contributed by atoms with van der Waals surface area (Å²) in [7, 11) is 0. The molecule has 0 spiro atoms. The highest BCUT2D eigenvalue weighted by atomic mass is 32.2. The van der Waals surface area contributed by atoms with Gasteiger partial charge in [-0.3, -0.25) is 9.79 Å². The summed E-state index contributed by atoms with van der Waals surface area (Å²) in [6, 6.07) is 11.4. The fourth-order valence-corrected chi connectivity index (χ4v) is 6.05. The lowest BCUT2D eigenvalue weighted by atomic mass is 9.96. The Morgan fingerprint density at radius 2 is 2.00 bits per heavy atom. The van der Waals surface area contributed by atoms with Gasteiger partial charge in [0.15, 0.2) is 0 Å². The van der Waals surface area contributed by atoms with E-state index in [4.69, 9.17) is 9.98 Å². The van der Waals surface area contributed by atoms with Crippen LogP contribution in [-0.4, -0.2) is 43.9 Å². The maximum absolute atomic E-state index is 13.8. The number of halogens is 1. The molecule has 1 amide bonds. The van der Waals surface area contributed by atoms with E-state index >= 15 is 0 Å². The van der Waals surface area contributed by atoms with E-state index in [0.717, 1.165) is 53.3 Å². The van der Waals surface area contributed by atoms with Crippen LogP contribution in [-0.2, 0) is 11.2 Å². The Kier molecular flexibility index (Phi) is 5.76. The van der Waals surface area contributed by atoms with Crippen LogP contribution in [0.2, 0.25) is 0 Å². The van der Waals surface area contributed by atoms with Crippen LogP contribution in [0.3, 0.4) is 0 Å². The molecule has 2 unspecified atom stereocenters. The Bertz CT molecular complexity index is 1180. The van der Waals surface area contributed by atoms with Crippen LogP contribution < -0.4 is 0 Å². The van der Waals surface area contributed by atoms with Crippen molar-refractivity contribution >= 4 is 28.4 Å². The minimum atomic E-state index is -0.389. The summed E-state index contributed by atoms with van der Waals surface area (Å²) in [6.45, 7) is 4.61. The molecule has 1 saturated heterocycles. The summed E-state index contributed by atoms with van der Waals surface area (Å²) in [4.78, 5) is 25.2. The van der Waals surface area contributed by atoms with Crippen LogP contribution in [0, 0.1) is 12.7 Å². The number of aryl methyl sites for hydroxylation is 1. The van der Waals surface area contributed by atoms with Gasteiger partial charge >= 0.3 is 0 Å². The zero-order valence-electron chi connectivity index (χ0n) is 18.4. The van der Waals surface area contributed by atoms with Gasteiger partial charge in [0.05, 0.1) is 16.0 Å². The van der Waals surface area contributed by atoms with Gasteiger partial charge in [-0.1, -0.05) is 30.3 Å². The van der Waals surface area contributed by atoms with Gasteiger partial charge in [-0.15, -0.1) is 11.8 Å². The first kappa shape index (κ1) is 21.2. The van der Waals surface area contributed by atoms with Crippen LogP contribution in [0.5, 0.6) is 0 Å². The number of carbonyl (C=O) groups excluding carboxylic acids is 1. The first-order valence-electron chi connectivity index (χ1n) is 11.2. The molecular formula is C25H27FN4OS. The van der Waals surface area contributed by atoms with Crippen molar-refractivity contribution in [3.8, 4) is 0 Å². The van der Waals surface area contributed by atoms with Crippen molar-refractivity contribution in [3.05, 3.63) is 71.4 Å². The van der Waals surface area contributed by atoms with Gasteiger partial charge in [0.1, 0.15) is 17.5 Å². The topological polar surface area (TPSA) is 50.0 Å². The highest BCUT2D eigenvalue weighted by Crippen LogP contribution is 2.41. The summed E-state index contributed by atoms with van der Waals surface area (Å²) in [5, 5.41) is 0.982. The van der Waals surface area contributed by atoms with Crippen molar-refractivity contribution in [2.75, 3.05) is 6.54 Å². The number of hydrogen-bond donors (Lipinski definition) is 0. The first-order valence-corrected chi connectivity index (χ1v) is 12.1. The highest BCUT2D eigenvalue weighted by Gasteiger charge is 2.40. The number of pyridine rings is 1. The fraction of sp³-hybridized carbons (Fsp3) is 0.400. The van der Waals surface area contributed by atoms with Gasteiger partial charge in [0.25, 0.3) is 0 Å². The van der Waals surface area contributed by atoms with Gasteiger partial charge < -0.3 is 9.30 Å². The maximum atomic E-state index is 13.8. The van der Waals surface area contributed by atoms with Crippen molar-refractivity contribution in [1.82, 2.24) is 14.3 Å². The summed E-state index contributed by atoms with van der Waals surface area (Å²) in [5.74, 6) is -0.161. The predicted molar refractivity (Wildman–Crippen MR) is 127 cm³/mol. The predicted octanol–water partition coefficient (Wildman–Crippen LogP) is 4.98. The Balaban J connectivity index is 1.39. The molecule has 0 bridgehead atoms. The SMILES string of the molecule is CC1=NC(C(=O)N2CCCC[C@H]2Cc2cn3cc(F)cc(C)c3n2)C(c2ccccc2)S1. The van der Waals surface area contributed by atoms with E-state index in [1.807, 2.05) is 43.1 Å². The first-order chi connectivity index (χ1) is 15.5. The second kappa shape index (κ2) is 8.70. The minimum absolute atomic E-state index is 0.0205. The molecule has 166 valence electrons. The Labute approximate surface area is 191 Å². The number of thioether (sulfide) groups is 1. The van der Waals surface area contributed by atoms with Crippen LogP contribution in [0.1, 0.15) is 48.3 Å². The molecule has 2 aliphatic heterocycles. The number of imidazole rings is 1. The third-order valence-corrected chi connectivity index (χ3v) is 7.62. The molecule has 5 nitrogen and oxygen atoms in total. The number of nitrogens with zero attached hydrogens (tertiary/aromatic N) is 4. The molecule has 3 aromatic rings. The van der Waals surface area contributed by atoms with E-state index in [1.165, 1.54) is 12.3 Å². The van der Waals surface area contributed by atoms with Crippen molar-refractivity contribution in [3.63, 3.8) is 0 Å². The highest BCUT2D eigenvalue weighted by molar-refractivity contribution is 8.14. The lowest BCUT2D eigenvalue weighted by Crippen LogP contribution is -2.49. The molecule has 1 aromatic carbocycles. The fourth-order valence-electron chi connectivity index (χ4n) is 4.91. The molecule has 0 N–H and O–H groups in total. The molecule has 2 aliphatic rings. The van der Waals surface area contributed by atoms with E-state index < -0.39 is 0 Å². The normalized spacial score (nSPS) is 23.5. The number of aromatic nitrogens is 2. The standard InChI is InChI=1S/C25H27FN4OS/c1-16-12-19(26)14-29-15-20(28-24(16)29)13-21-10-6-7-11-30(21)25(31)22-23(32-17(2)27-22)18-8-4-3-5-9-18/h3-5,8-9,12,14-15,21-23H,6-7,10-11,13H2,1-2H3/t21-,22?,23?/m0/s1. The van der Waals surface area contributed by atoms with Gasteiger partial charge in [-0.25, -0.2) is 9.37 Å². The van der Waals surface area contributed by atoms with Crippen LogP contribution >= 0.6 is 11.8 Å². The van der Waals surface area contributed by atoms with Crippen LogP contribution in [0.15, 0.2) is 53.8 Å². The molecule has 0 saturated carbocycles. The molecule has 7 heteroatoms. The molecule has 5 rings (SSSR count). The number of hydrogen-bond acceptors (Lipinski definition) is 4. The van der Waals surface area contributed by atoms with Gasteiger partial charge in [0, 0.05) is 31.4 Å². The monoisotopic (exact) mass is 450 g/mol. The van der Waals surface area contributed by atoms with Gasteiger partial charge in [-0.2, -0.15) is 0 Å². The van der Waals surface area contributed by atoms with Gasteiger partial charge in [-0.05, 0) is 50.3 Å². The average Bonchev–Trinajstić information content (AvgIpc) is 3.37. The molecule has 2 aromatic heterocycles. The third kappa shape index (κ3) is 4.06. The van der Waals surface area contributed by atoms with Gasteiger partial charge in [0.2, 0.25) is 5.91 Å². The number of amides is 1. The molecule has 4 heterocycles. The number of rotatable bonds is 4. The number of aliphatic imine (C=N–C) groups is 1. The lowest BCUT2D eigenvalue weighted by molar-refractivity contribution is -0.136. The number of carbonyl (C=O) groups is 1. The Hall–Kier alpha value is -2.67. The Morgan fingerprint density at radius 3 is 2.81 bits per heavy atom. The zero-order valence-corrected chi connectivity index (χ0v) is 19.2. The molecule has 3 atom stereocenters. The van der Waals surface area contributed by atoms with E-state index in [0.29, 0.717) is 6.42 Å². The lowest BCUT2D eigenvalue weighted by Gasteiger charge is -2.37. The summed E-state index contributed by atoms with van der Waals surface area (Å²) in [5.41, 5.74) is 3.62. The molecule has 0 aliphatic carbocycles. The summed E-state index contributed by atoms with van der Waals surface area (Å²) >= 11 is 1.68. The summed E-state index contributed by atoms with van der Waals surface area (Å²) < 4.78 is 15.5. The van der Waals surface area contributed by atoms with Crippen LogP contribution in [0.25, 0.3) is 5.65 Å². The van der Waals surface area contributed by atoms with E-state index in [1.54, 1.807) is 16.2 Å². The third-order valence-electron chi connectivity index (χ3n) is 6.39. The smallest absolute Gasteiger partial charge is 0.249 e. The molecule has 32 heavy (non-hydrogen) atoms. The number of likely N-dealkylation sites (tertiary alicyclic amines) is 1. The second-order valence-electron chi connectivity index (χ2n) is 8.73. The summed E-state index contributed by atoms with van der Waals surface area (Å²) in [6.07, 6.45) is 7.08. The van der Waals surface area contributed by atoms with Crippen molar-refractivity contribution in [2.45, 2.75) is 56.9 Å². The Morgan fingerprint density at radius 1 is 1.19 bits per heavy atom. The molecular weight excluding hydrogens is 423 g/mol. The van der Waals surface area contributed by atoms with Crippen LogP contribution in [0.4, 0.5) is 4.39 Å². The molecule has 0 radical (unpaired) electrons. The average molecular weight is 451 g/mol. The van der Waals surface area contributed by atoms with Crippen molar-refractivity contribution < 1.29 is 9.18 Å². The quantitative estimate of drug-likeness (QED) is 0.563. The van der Waals surface area contributed by atoms with E-state index in [9.17, 15) is 9.18 Å². The van der Waals surface area contributed by atoms with Crippen molar-refractivity contribution in [1.29, 1.82) is 0 Å². The number of benzene rings is 1. The number of piperidine rings is 1. The van der Waals surface area contributed by atoms with Crippen molar-refractivity contribution in [2.24, 2.45) is 4.99 Å². The second-order valence-corrected chi connectivity index (χ2v) is 10.1. The van der Waals surface area contributed by atoms with E-state index in [2.05, 4.69) is 12.1 Å². The minimum Gasteiger partial charge on any atom is -0.337 e.